The van der Waals surface area contributed by atoms with Crippen LogP contribution < -0.4 is 11.1 Å². The molecule has 0 aliphatic carbocycles. The molecule has 6 nitrogen and oxygen atoms in total. The number of nitrogens with zero attached hydrogens (tertiary/aromatic N) is 1. The molecular formula is C22H25BN3O3. The lowest BCUT2D eigenvalue weighted by Crippen LogP contribution is -2.27. The second-order valence-corrected chi connectivity index (χ2v) is 6.78. The van der Waals surface area contributed by atoms with Gasteiger partial charge in [-0.05, 0) is 46.6 Å². The maximum Gasteiger partial charge on any atom is 0.296 e. The van der Waals surface area contributed by atoms with Crippen LogP contribution in [0.1, 0.15) is 22.6 Å². The van der Waals surface area contributed by atoms with Gasteiger partial charge in [-0.1, -0.05) is 24.3 Å². The zero-order valence-corrected chi connectivity index (χ0v) is 16.7. The van der Waals surface area contributed by atoms with Gasteiger partial charge in [0.05, 0.1) is 12.5 Å². The molecule has 0 spiro atoms. The minimum Gasteiger partial charge on any atom is -0.443 e. The molecule has 0 aliphatic rings. The van der Waals surface area contributed by atoms with Crippen LogP contribution in [0, 0.1) is 0 Å². The number of nitrogens with two attached hydrogens (primary N) is 1. The van der Waals surface area contributed by atoms with E-state index in [1.54, 1.807) is 34.1 Å². The minimum absolute atomic E-state index is 0.138. The van der Waals surface area contributed by atoms with Crippen LogP contribution in [-0.2, 0) is 27.1 Å². The summed E-state index contributed by atoms with van der Waals surface area (Å²) in [4.78, 5) is 17.1. The number of pyridine rings is 1. The van der Waals surface area contributed by atoms with Crippen molar-refractivity contribution in [1.82, 2.24) is 4.98 Å². The molecule has 0 aliphatic heterocycles. The van der Waals surface area contributed by atoms with Gasteiger partial charge in [0.15, 0.2) is 0 Å². The van der Waals surface area contributed by atoms with E-state index in [-0.39, 0.29) is 12.5 Å². The molecule has 1 aromatic heterocycles. The van der Waals surface area contributed by atoms with Gasteiger partial charge in [-0.15, -0.1) is 0 Å². The van der Waals surface area contributed by atoms with Crippen LogP contribution in [0.4, 0.5) is 5.69 Å². The Morgan fingerprint density at radius 1 is 1.14 bits per heavy atom. The molecule has 2 aromatic carbocycles. The summed E-state index contributed by atoms with van der Waals surface area (Å²) >= 11 is 0. The van der Waals surface area contributed by atoms with E-state index in [4.69, 9.17) is 15.1 Å². The average molecular weight is 390 g/mol. The number of amides is 1. The molecule has 0 fully saturated rings. The van der Waals surface area contributed by atoms with Gasteiger partial charge in [0.2, 0.25) is 5.91 Å². The van der Waals surface area contributed by atoms with E-state index >= 15 is 0 Å². The Hall–Kier alpha value is -2.74. The first-order chi connectivity index (χ1) is 14.2. The zero-order chi connectivity index (χ0) is 20.6. The quantitative estimate of drug-likeness (QED) is 0.549. The number of fused-ring (bicyclic) bond motifs is 1. The summed E-state index contributed by atoms with van der Waals surface area (Å²) in [5.74, 6) is -0.598. The number of hydrogen-bond donors (Lipinski definition) is 2. The van der Waals surface area contributed by atoms with Crippen LogP contribution in [0.2, 0.25) is 0 Å². The summed E-state index contributed by atoms with van der Waals surface area (Å²) < 4.78 is 10.4. The number of methoxy groups -OCH3 is 1. The van der Waals surface area contributed by atoms with E-state index in [1.165, 1.54) is 0 Å². The van der Waals surface area contributed by atoms with E-state index in [1.807, 2.05) is 42.5 Å². The molecule has 1 amide bonds. The second kappa shape index (κ2) is 10.2. The summed E-state index contributed by atoms with van der Waals surface area (Å²) in [6.45, 7) is 0.664. The number of carbonyl (C=O) groups is 1. The Balaban J connectivity index is 1.81. The van der Waals surface area contributed by atoms with Gasteiger partial charge in [-0.2, -0.15) is 0 Å². The summed E-state index contributed by atoms with van der Waals surface area (Å²) in [5, 5.41) is 5.03. The lowest BCUT2D eigenvalue weighted by atomic mass is 9.85. The molecule has 3 rings (SSSR count). The SMILES string of the molecule is CO[B]Cc1ccc(C(CN)C(=O)Nc2ccc3cnccc3c2)cc1COC. The largest absolute Gasteiger partial charge is 0.443 e. The molecule has 3 N–H and O–H groups in total. The molecule has 1 heterocycles. The number of aromatic nitrogens is 1. The molecular weight excluding hydrogens is 365 g/mol. The van der Waals surface area contributed by atoms with E-state index in [2.05, 4.69) is 10.3 Å². The van der Waals surface area contributed by atoms with Crippen molar-refractivity contribution in [1.29, 1.82) is 0 Å². The maximum atomic E-state index is 12.9. The summed E-state index contributed by atoms with van der Waals surface area (Å²) in [5.41, 5.74) is 9.67. The van der Waals surface area contributed by atoms with Crippen molar-refractivity contribution in [2.24, 2.45) is 5.73 Å². The molecule has 1 atom stereocenters. The Labute approximate surface area is 171 Å². The van der Waals surface area contributed by atoms with Gasteiger partial charge in [-0.3, -0.25) is 9.78 Å². The van der Waals surface area contributed by atoms with Gasteiger partial charge in [0, 0.05) is 44.2 Å². The van der Waals surface area contributed by atoms with Crippen molar-refractivity contribution >= 4 is 29.8 Å². The van der Waals surface area contributed by atoms with Crippen LogP contribution in [0.15, 0.2) is 54.9 Å². The Morgan fingerprint density at radius 3 is 2.76 bits per heavy atom. The molecule has 29 heavy (non-hydrogen) atoms. The van der Waals surface area contributed by atoms with Gasteiger partial charge >= 0.3 is 0 Å². The number of hydrogen-bond acceptors (Lipinski definition) is 5. The highest BCUT2D eigenvalue weighted by Gasteiger charge is 2.20. The molecule has 1 radical (unpaired) electrons. The monoisotopic (exact) mass is 390 g/mol. The van der Waals surface area contributed by atoms with E-state index in [9.17, 15) is 4.79 Å². The summed E-state index contributed by atoms with van der Waals surface area (Å²) in [7, 11) is 5.01. The fourth-order valence-electron chi connectivity index (χ4n) is 3.31. The predicted molar refractivity (Wildman–Crippen MR) is 116 cm³/mol. The van der Waals surface area contributed by atoms with Crippen LogP contribution >= 0.6 is 0 Å². The highest BCUT2D eigenvalue weighted by molar-refractivity contribution is 6.26. The average Bonchev–Trinajstić information content (AvgIpc) is 2.74. The van der Waals surface area contributed by atoms with Crippen molar-refractivity contribution in [3.05, 3.63) is 71.5 Å². The topological polar surface area (TPSA) is 86.5 Å². The van der Waals surface area contributed by atoms with E-state index < -0.39 is 5.92 Å². The highest BCUT2D eigenvalue weighted by Crippen LogP contribution is 2.23. The van der Waals surface area contributed by atoms with Gasteiger partial charge in [-0.25, -0.2) is 0 Å². The van der Waals surface area contributed by atoms with Gasteiger partial charge < -0.3 is 20.4 Å². The number of anilines is 1. The standard InChI is InChI=1S/C22H25BN3O3/c1-28-14-19-9-16(3-4-17(19)11-23-29-2)21(12-24)22(27)26-20-6-5-18-13-25-8-7-15(18)10-20/h3-10,13,21H,11-12,14,24H2,1-2H3,(H,26,27). The molecule has 3 aromatic rings. The molecule has 1 unspecified atom stereocenters. The first-order valence-corrected chi connectivity index (χ1v) is 9.46. The van der Waals surface area contributed by atoms with Crippen molar-refractivity contribution in [2.45, 2.75) is 18.8 Å². The first-order valence-electron chi connectivity index (χ1n) is 9.46. The third-order valence-corrected chi connectivity index (χ3v) is 4.86. The van der Waals surface area contributed by atoms with Crippen LogP contribution in [-0.4, -0.2) is 39.1 Å². The predicted octanol–water partition coefficient (Wildman–Crippen LogP) is 2.83. The van der Waals surface area contributed by atoms with Crippen LogP contribution in [0.3, 0.4) is 0 Å². The second-order valence-electron chi connectivity index (χ2n) is 6.78. The maximum absolute atomic E-state index is 12.9. The van der Waals surface area contributed by atoms with Gasteiger partial charge in [0.25, 0.3) is 7.48 Å². The summed E-state index contributed by atoms with van der Waals surface area (Å²) in [6.07, 6.45) is 4.20. The van der Waals surface area contributed by atoms with E-state index in [0.29, 0.717) is 12.9 Å². The molecule has 149 valence electrons. The highest BCUT2D eigenvalue weighted by atomic mass is 16.5. The summed E-state index contributed by atoms with van der Waals surface area (Å²) in [6, 6.07) is 13.6. The molecule has 0 saturated carbocycles. The van der Waals surface area contributed by atoms with Crippen molar-refractivity contribution in [2.75, 3.05) is 26.1 Å². The number of rotatable bonds is 9. The fraction of sp³-hybridized carbons (Fsp3) is 0.273. The Bertz CT molecular complexity index is 980. The minimum atomic E-state index is -0.459. The lowest BCUT2D eigenvalue weighted by molar-refractivity contribution is -0.117. The third-order valence-electron chi connectivity index (χ3n) is 4.86. The van der Waals surface area contributed by atoms with Crippen molar-refractivity contribution in [3.8, 4) is 0 Å². The smallest absolute Gasteiger partial charge is 0.296 e. The lowest BCUT2D eigenvalue weighted by Gasteiger charge is -2.18. The Kier molecular flexibility index (Phi) is 7.35. The van der Waals surface area contributed by atoms with Crippen LogP contribution in [0.25, 0.3) is 10.8 Å². The number of ether oxygens (including phenoxy) is 1. The number of benzene rings is 2. The molecule has 0 bridgehead atoms. The number of carbonyl (C=O) groups excluding carboxylic acids is 1. The molecule has 0 saturated heterocycles. The first kappa shape index (κ1) is 21.0. The number of nitrogens with one attached hydrogen (secondary N) is 1. The zero-order valence-electron chi connectivity index (χ0n) is 16.7. The third kappa shape index (κ3) is 5.20. The van der Waals surface area contributed by atoms with Crippen LogP contribution in [0.5, 0.6) is 0 Å². The molecule has 7 heteroatoms. The van der Waals surface area contributed by atoms with Gasteiger partial charge in [0.1, 0.15) is 0 Å². The normalized spacial score (nSPS) is 12.0. The Morgan fingerprint density at radius 2 is 2.00 bits per heavy atom. The van der Waals surface area contributed by atoms with Crippen molar-refractivity contribution < 1.29 is 14.2 Å². The van der Waals surface area contributed by atoms with Crippen molar-refractivity contribution in [3.63, 3.8) is 0 Å². The fourth-order valence-corrected chi connectivity index (χ4v) is 3.31. The van der Waals surface area contributed by atoms with E-state index in [0.717, 1.165) is 33.2 Å².